The van der Waals surface area contributed by atoms with E-state index in [1.807, 2.05) is 0 Å². The normalized spacial score (nSPS) is 10.9. The number of allylic oxidation sites excluding steroid dienone is 2. The Hall–Kier alpha value is -1.56. The van der Waals surface area contributed by atoms with E-state index in [1.165, 1.54) is 0 Å². The second kappa shape index (κ2) is 17.8. The lowest BCUT2D eigenvalue weighted by atomic mass is 10.1. The molecule has 140 valence electrons. The summed E-state index contributed by atoms with van der Waals surface area (Å²) < 4.78 is 0. The first-order valence-corrected chi connectivity index (χ1v) is 9.19. The zero-order chi connectivity index (χ0) is 17.9. The van der Waals surface area contributed by atoms with Gasteiger partial charge in [-0.15, -0.1) is 0 Å². The summed E-state index contributed by atoms with van der Waals surface area (Å²) in [4.78, 5) is 26.8. The number of carbonyl (C=O) groups excluding carboxylic acids is 1. The number of amides is 2. The van der Waals surface area contributed by atoms with Crippen molar-refractivity contribution < 1.29 is 19.5 Å². The number of unbranched alkanes of at least 4 members (excludes halogenated alkanes) is 7. The summed E-state index contributed by atoms with van der Waals surface area (Å²) in [6, 6.07) is -0.274. The SMILES string of the molecule is CCCCCNC(=O)NOCCC/C=C\CCCCCCC(=O)O. The molecule has 0 aromatic carbocycles. The van der Waals surface area contributed by atoms with Crippen molar-refractivity contribution in [3.8, 4) is 0 Å². The van der Waals surface area contributed by atoms with Crippen molar-refractivity contribution in [1.82, 2.24) is 10.8 Å². The Morgan fingerprint density at radius 2 is 1.67 bits per heavy atom. The molecule has 0 atom stereocenters. The number of rotatable bonds is 16. The van der Waals surface area contributed by atoms with E-state index in [1.54, 1.807) is 0 Å². The van der Waals surface area contributed by atoms with Crippen LogP contribution in [0.2, 0.25) is 0 Å². The molecule has 0 bridgehead atoms. The van der Waals surface area contributed by atoms with Crippen molar-refractivity contribution in [3.63, 3.8) is 0 Å². The van der Waals surface area contributed by atoms with Crippen LogP contribution in [0.5, 0.6) is 0 Å². The largest absolute Gasteiger partial charge is 0.481 e. The lowest BCUT2D eigenvalue weighted by Crippen LogP contribution is -2.36. The molecule has 24 heavy (non-hydrogen) atoms. The quantitative estimate of drug-likeness (QED) is 0.223. The molecule has 0 radical (unpaired) electrons. The lowest BCUT2D eigenvalue weighted by molar-refractivity contribution is -0.137. The summed E-state index contributed by atoms with van der Waals surface area (Å²) in [5.74, 6) is -0.708. The zero-order valence-corrected chi connectivity index (χ0v) is 15.0. The van der Waals surface area contributed by atoms with Gasteiger partial charge in [0.25, 0.3) is 0 Å². The van der Waals surface area contributed by atoms with E-state index in [-0.39, 0.29) is 12.5 Å². The fourth-order valence-electron chi connectivity index (χ4n) is 2.13. The Morgan fingerprint density at radius 3 is 2.38 bits per heavy atom. The fourth-order valence-corrected chi connectivity index (χ4v) is 2.13. The van der Waals surface area contributed by atoms with Gasteiger partial charge in [0.2, 0.25) is 0 Å². The number of carbonyl (C=O) groups is 2. The first kappa shape index (κ1) is 22.4. The van der Waals surface area contributed by atoms with Crippen LogP contribution in [0.3, 0.4) is 0 Å². The van der Waals surface area contributed by atoms with E-state index in [9.17, 15) is 9.59 Å². The van der Waals surface area contributed by atoms with Crippen LogP contribution >= 0.6 is 0 Å². The molecule has 0 aromatic rings. The molecule has 0 aliphatic carbocycles. The van der Waals surface area contributed by atoms with Crippen molar-refractivity contribution >= 4 is 12.0 Å². The minimum absolute atomic E-state index is 0.274. The van der Waals surface area contributed by atoms with Gasteiger partial charge in [-0.3, -0.25) is 9.63 Å². The number of hydroxylamine groups is 1. The van der Waals surface area contributed by atoms with Crippen molar-refractivity contribution in [2.75, 3.05) is 13.2 Å². The Labute approximate surface area is 146 Å². The van der Waals surface area contributed by atoms with Crippen molar-refractivity contribution in [1.29, 1.82) is 0 Å². The molecule has 6 heteroatoms. The number of carboxylic acids is 1. The highest BCUT2D eigenvalue weighted by atomic mass is 16.7. The van der Waals surface area contributed by atoms with Gasteiger partial charge in [-0.05, 0) is 38.5 Å². The molecule has 0 rings (SSSR count). The minimum atomic E-state index is -0.708. The third kappa shape index (κ3) is 18.5. The summed E-state index contributed by atoms with van der Waals surface area (Å²) in [7, 11) is 0. The highest BCUT2D eigenvalue weighted by Crippen LogP contribution is 2.06. The van der Waals surface area contributed by atoms with Crippen LogP contribution in [0.1, 0.15) is 77.6 Å². The molecular formula is C18H34N2O4. The summed E-state index contributed by atoms with van der Waals surface area (Å²) >= 11 is 0. The topological polar surface area (TPSA) is 87.7 Å². The third-order valence-corrected chi connectivity index (χ3v) is 3.53. The molecular weight excluding hydrogens is 308 g/mol. The molecule has 0 aliphatic heterocycles. The molecule has 0 aliphatic rings. The Kier molecular flexibility index (Phi) is 16.6. The molecule has 0 spiro atoms. The first-order valence-electron chi connectivity index (χ1n) is 9.19. The summed E-state index contributed by atoms with van der Waals surface area (Å²) in [5.41, 5.74) is 2.38. The molecule has 0 saturated heterocycles. The van der Waals surface area contributed by atoms with Gasteiger partial charge in [0.15, 0.2) is 0 Å². The van der Waals surface area contributed by atoms with E-state index in [4.69, 9.17) is 9.94 Å². The number of hydrogen-bond donors (Lipinski definition) is 3. The van der Waals surface area contributed by atoms with E-state index >= 15 is 0 Å². The summed E-state index contributed by atoms with van der Waals surface area (Å²) in [6.45, 7) is 3.31. The molecule has 2 amide bonds. The van der Waals surface area contributed by atoms with Gasteiger partial charge in [-0.1, -0.05) is 44.8 Å². The molecule has 0 aromatic heterocycles. The summed E-state index contributed by atoms with van der Waals surface area (Å²) in [6.07, 6.45) is 14.6. The molecule has 6 nitrogen and oxygen atoms in total. The number of urea groups is 1. The average Bonchev–Trinajstić information content (AvgIpc) is 2.55. The molecule has 0 saturated carbocycles. The molecule has 0 heterocycles. The van der Waals surface area contributed by atoms with Gasteiger partial charge in [0.05, 0.1) is 6.61 Å². The van der Waals surface area contributed by atoms with Crippen LogP contribution in [0.4, 0.5) is 4.79 Å². The second-order valence-electron chi connectivity index (χ2n) is 5.87. The monoisotopic (exact) mass is 342 g/mol. The van der Waals surface area contributed by atoms with Crippen LogP contribution in [0.15, 0.2) is 12.2 Å². The highest BCUT2D eigenvalue weighted by molar-refractivity contribution is 5.72. The van der Waals surface area contributed by atoms with E-state index < -0.39 is 5.97 Å². The Bertz CT molecular complexity index is 346. The van der Waals surface area contributed by atoms with Crippen LogP contribution in [-0.2, 0) is 9.63 Å². The third-order valence-electron chi connectivity index (χ3n) is 3.53. The van der Waals surface area contributed by atoms with E-state index in [0.29, 0.717) is 13.2 Å². The number of hydrogen-bond acceptors (Lipinski definition) is 3. The van der Waals surface area contributed by atoms with Crippen LogP contribution in [0.25, 0.3) is 0 Å². The number of nitrogens with one attached hydrogen (secondary N) is 2. The van der Waals surface area contributed by atoms with E-state index in [0.717, 1.165) is 64.2 Å². The van der Waals surface area contributed by atoms with Gasteiger partial charge < -0.3 is 10.4 Å². The van der Waals surface area contributed by atoms with Gasteiger partial charge in [-0.2, -0.15) is 0 Å². The average molecular weight is 342 g/mol. The summed E-state index contributed by atoms with van der Waals surface area (Å²) in [5, 5.41) is 11.3. The standard InChI is InChI=1S/C18H34N2O4/c1-2-3-12-15-19-18(23)20-24-16-13-10-8-6-4-5-7-9-11-14-17(21)22/h6,8H,2-5,7,9-16H2,1H3,(H,21,22)(H2,19,20,23)/b8-6-. The lowest BCUT2D eigenvalue weighted by Gasteiger charge is -2.06. The van der Waals surface area contributed by atoms with Crippen molar-refractivity contribution in [2.24, 2.45) is 0 Å². The van der Waals surface area contributed by atoms with Crippen LogP contribution in [-0.4, -0.2) is 30.3 Å². The Morgan fingerprint density at radius 1 is 0.958 bits per heavy atom. The van der Waals surface area contributed by atoms with Gasteiger partial charge in [0, 0.05) is 13.0 Å². The van der Waals surface area contributed by atoms with Gasteiger partial charge in [-0.25, -0.2) is 10.3 Å². The molecule has 0 unspecified atom stereocenters. The molecule has 0 fully saturated rings. The highest BCUT2D eigenvalue weighted by Gasteiger charge is 1.98. The van der Waals surface area contributed by atoms with Crippen molar-refractivity contribution in [3.05, 3.63) is 12.2 Å². The second-order valence-corrected chi connectivity index (χ2v) is 5.87. The minimum Gasteiger partial charge on any atom is -0.481 e. The maximum Gasteiger partial charge on any atom is 0.338 e. The van der Waals surface area contributed by atoms with Gasteiger partial charge >= 0.3 is 12.0 Å². The number of aliphatic carboxylic acids is 1. The zero-order valence-electron chi connectivity index (χ0n) is 15.0. The van der Waals surface area contributed by atoms with Crippen LogP contribution < -0.4 is 10.8 Å². The number of carboxylic acid groups (broad SMARTS) is 1. The predicted molar refractivity (Wildman–Crippen MR) is 95.7 cm³/mol. The van der Waals surface area contributed by atoms with Crippen molar-refractivity contribution in [2.45, 2.75) is 77.6 Å². The predicted octanol–water partition coefficient (Wildman–Crippen LogP) is 4.17. The van der Waals surface area contributed by atoms with Crippen LogP contribution in [0, 0.1) is 0 Å². The first-order chi connectivity index (χ1) is 11.7. The smallest absolute Gasteiger partial charge is 0.338 e. The van der Waals surface area contributed by atoms with Gasteiger partial charge in [0.1, 0.15) is 0 Å². The fraction of sp³-hybridized carbons (Fsp3) is 0.778. The maximum absolute atomic E-state index is 11.3. The Balaban J connectivity index is 3.23. The van der Waals surface area contributed by atoms with E-state index in [2.05, 4.69) is 29.9 Å². The molecule has 3 N–H and O–H groups in total. The maximum atomic E-state index is 11.3.